The lowest BCUT2D eigenvalue weighted by molar-refractivity contribution is -0.160. The van der Waals surface area contributed by atoms with Gasteiger partial charge in [-0.05, 0) is 0 Å². The summed E-state index contributed by atoms with van der Waals surface area (Å²) in [6, 6.07) is 0. The topological polar surface area (TPSA) is 144 Å². The summed E-state index contributed by atoms with van der Waals surface area (Å²) in [4.78, 5) is 23.7. The zero-order chi connectivity index (χ0) is 15.9. The number of rotatable bonds is 9. The van der Waals surface area contributed by atoms with Crippen LogP contribution >= 0.6 is 0 Å². The van der Waals surface area contributed by atoms with Crippen molar-refractivity contribution in [2.24, 2.45) is 5.73 Å². The SMILES string of the molecule is C=CCN(CC=C)C(=O)[C@H](O)[C@@H](O)[C@@H](O)[C@H](O)C(N)=O. The molecule has 8 nitrogen and oxygen atoms in total. The van der Waals surface area contributed by atoms with Crippen molar-refractivity contribution in [2.75, 3.05) is 13.1 Å². The molecule has 114 valence electrons. The summed E-state index contributed by atoms with van der Waals surface area (Å²) in [6.07, 6.45) is -5.48. The molecule has 0 aromatic carbocycles. The van der Waals surface area contributed by atoms with Crippen LogP contribution in [0.3, 0.4) is 0 Å². The number of carbonyl (C=O) groups excluding carboxylic acids is 2. The number of aliphatic hydroxyl groups excluding tert-OH is 4. The Morgan fingerprint density at radius 2 is 1.40 bits per heavy atom. The quantitative estimate of drug-likeness (QED) is 0.288. The second-order valence-corrected chi connectivity index (χ2v) is 4.09. The predicted octanol–water partition coefficient (Wildman–Crippen LogP) is -2.88. The fourth-order valence-electron chi connectivity index (χ4n) is 1.44. The van der Waals surface area contributed by atoms with Crippen LogP contribution in [-0.4, -0.2) is 74.6 Å². The summed E-state index contributed by atoms with van der Waals surface area (Å²) in [5.41, 5.74) is 4.74. The molecule has 0 aromatic heterocycles. The molecular weight excluding hydrogens is 268 g/mol. The molecule has 0 heterocycles. The molecule has 0 fully saturated rings. The summed E-state index contributed by atoms with van der Waals surface area (Å²) in [5, 5.41) is 37.9. The highest BCUT2D eigenvalue weighted by atomic mass is 16.4. The molecule has 20 heavy (non-hydrogen) atoms. The number of amides is 2. The summed E-state index contributed by atoms with van der Waals surface area (Å²) < 4.78 is 0. The Hall–Kier alpha value is -1.74. The van der Waals surface area contributed by atoms with Crippen LogP contribution in [0.4, 0.5) is 0 Å². The van der Waals surface area contributed by atoms with Gasteiger partial charge in [0, 0.05) is 13.1 Å². The smallest absolute Gasteiger partial charge is 0.254 e. The van der Waals surface area contributed by atoms with Gasteiger partial charge >= 0.3 is 0 Å². The summed E-state index contributed by atoms with van der Waals surface area (Å²) >= 11 is 0. The number of primary amides is 1. The van der Waals surface area contributed by atoms with Crippen molar-refractivity contribution in [3.63, 3.8) is 0 Å². The van der Waals surface area contributed by atoms with Gasteiger partial charge < -0.3 is 31.1 Å². The van der Waals surface area contributed by atoms with E-state index in [1.165, 1.54) is 12.2 Å². The summed E-state index contributed by atoms with van der Waals surface area (Å²) in [6.45, 7) is 7.04. The molecule has 0 aliphatic rings. The van der Waals surface area contributed by atoms with Crippen molar-refractivity contribution in [1.82, 2.24) is 4.90 Å². The van der Waals surface area contributed by atoms with Crippen LogP contribution in [0.1, 0.15) is 0 Å². The van der Waals surface area contributed by atoms with Gasteiger partial charge in [-0.25, -0.2) is 0 Å². The molecular formula is C12H20N2O6. The first-order valence-electron chi connectivity index (χ1n) is 5.80. The van der Waals surface area contributed by atoms with E-state index in [1.807, 2.05) is 0 Å². The zero-order valence-corrected chi connectivity index (χ0v) is 10.9. The van der Waals surface area contributed by atoms with Crippen LogP contribution in [0.2, 0.25) is 0 Å². The van der Waals surface area contributed by atoms with Gasteiger partial charge in [-0.1, -0.05) is 12.2 Å². The number of carbonyl (C=O) groups is 2. The first-order chi connectivity index (χ1) is 9.27. The maximum Gasteiger partial charge on any atom is 0.254 e. The van der Waals surface area contributed by atoms with Crippen LogP contribution < -0.4 is 5.73 Å². The van der Waals surface area contributed by atoms with Gasteiger partial charge in [0.15, 0.2) is 12.2 Å². The fourth-order valence-corrected chi connectivity index (χ4v) is 1.44. The highest BCUT2D eigenvalue weighted by Crippen LogP contribution is 2.08. The van der Waals surface area contributed by atoms with Crippen molar-refractivity contribution in [1.29, 1.82) is 0 Å². The molecule has 6 N–H and O–H groups in total. The molecule has 0 saturated carbocycles. The van der Waals surface area contributed by atoms with E-state index in [1.54, 1.807) is 0 Å². The normalized spacial score (nSPS) is 16.6. The van der Waals surface area contributed by atoms with Crippen LogP contribution in [-0.2, 0) is 9.59 Å². The average Bonchev–Trinajstić information content (AvgIpc) is 2.42. The van der Waals surface area contributed by atoms with Gasteiger partial charge in [-0.3, -0.25) is 9.59 Å². The molecule has 0 spiro atoms. The Bertz CT molecular complexity index is 363. The number of hydrogen-bond acceptors (Lipinski definition) is 6. The largest absolute Gasteiger partial charge is 0.387 e. The highest BCUT2D eigenvalue weighted by molar-refractivity contribution is 5.82. The molecule has 0 aliphatic heterocycles. The predicted molar refractivity (Wildman–Crippen MR) is 70.2 cm³/mol. The maximum atomic E-state index is 11.9. The minimum Gasteiger partial charge on any atom is -0.387 e. The first-order valence-corrected chi connectivity index (χ1v) is 5.80. The van der Waals surface area contributed by atoms with Crippen molar-refractivity contribution >= 4 is 11.8 Å². The van der Waals surface area contributed by atoms with Crippen molar-refractivity contribution in [3.05, 3.63) is 25.3 Å². The summed E-state index contributed by atoms with van der Waals surface area (Å²) in [7, 11) is 0. The second kappa shape index (κ2) is 8.43. The summed E-state index contributed by atoms with van der Waals surface area (Å²) in [5.74, 6) is -2.20. The first kappa shape index (κ1) is 18.3. The lowest BCUT2D eigenvalue weighted by Crippen LogP contribution is -2.54. The Balaban J connectivity index is 4.88. The zero-order valence-electron chi connectivity index (χ0n) is 10.9. The molecule has 0 bridgehead atoms. The van der Waals surface area contributed by atoms with E-state index in [2.05, 4.69) is 13.2 Å². The van der Waals surface area contributed by atoms with E-state index in [0.717, 1.165) is 4.90 Å². The number of aliphatic hydroxyl groups is 4. The van der Waals surface area contributed by atoms with Crippen LogP contribution in [0.25, 0.3) is 0 Å². The molecule has 8 heteroatoms. The highest BCUT2D eigenvalue weighted by Gasteiger charge is 2.37. The molecule has 2 amide bonds. The van der Waals surface area contributed by atoms with E-state index >= 15 is 0 Å². The van der Waals surface area contributed by atoms with Gasteiger partial charge in [0.25, 0.3) is 5.91 Å². The lowest BCUT2D eigenvalue weighted by atomic mass is 10.0. The molecule has 0 radical (unpaired) electrons. The standard InChI is InChI=1S/C12H20N2O6/c1-3-5-14(6-4-2)12(20)10(18)8(16)7(15)9(17)11(13)19/h3-4,7-10,15-18H,1-2,5-6H2,(H2,13,19)/t7-,8+,9+,10-/m1/s1. The molecule has 4 atom stereocenters. The van der Waals surface area contributed by atoms with Gasteiger partial charge in [0.1, 0.15) is 12.2 Å². The van der Waals surface area contributed by atoms with Gasteiger partial charge in [-0.15, -0.1) is 13.2 Å². The minimum absolute atomic E-state index is 0.0864. The fraction of sp³-hybridized carbons (Fsp3) is 0.500. The number of hydrogen-bond donors (Lipinski definition) is 5. The number of nitrogens with zero attached hydrogens (tertiary/aromatic N) is 1. The molecule has 0 unspecified atom stereocenters. The van der Waals surface area contributed by atoms with E-state index < -0.39 is 36.2 Å². The van der Waals surface area contributed by atoms with Gasteiger partial charge in [0.05, 0.1) is 0 Å². The third kappa shape index (κ3) is 4.74. The second-order valence-electron chi connectivity index (χ2n) is 4.09. The monoisotopic (exact) mass is 288 g/mol. The van der Waals surface area contributed by atoms with Gasteiger partial charge in [-0.2, -0.15) is 0 Å². The van der Waals surface area contributed by atoms with E-state index in [9.17, 15) is 30.0 Å². The van der Waals surface area contributed by atoms with Crippen LogP contribution in [0, 0.1) is 0 Å². The third-order valence-corrected chi connectivity index (χ3v) is 2.55. The molecule has 0 saturated heterocycles. The van der Waals surface area contributed by atoms with Crippen molar-refractivity contribution in [3.8, 4) is 0 Å². The molecule has 0 rings (SSSR count). The minimum atomic E-state index is -2.10. The maximum absolute atomic E-state index is 11.9. The lowest BCUT2D eigenvalue weighted by Gasteiger charge is -2.28. The third-order valence-electron chi connectivity index (χ3n) is 2.55. The average molecular weight is 288 g/mol. The van der Waals surface area contributed by atoms with Crippen molar-refractivity contribution in [2.45, 2.75) is 24.4 Å². The Morgan fingerprint density at radius 1 is 1.00 bits per heavy atom. The Morgan fingerprint density at radius 3 is 1.75 bits per heavy atom. The van der Waals surface area contributed by atoms with Crippen molar-refractivity contribution < 1.29 is 30.0 Å². The van der Waals surface area contributed by atoms with Gasteiger partial charge in [0.2, 0.25) is 5.91 Å². The van der Waals surface area contributed by atoms with E-state index in [0.29, 0.717) is 0 Å². The Labute approximate surface area is 116 Å². The molecule has 0 aromatic rings. The van der Waals surface area contributed by atoms with Crippen LogP contribution in [0.15, 0.2) is 25.3 Å². The van der Waals surface area contributed by atoms with E-state index in [-0.39, 0.29) is 13.1 Å². The van der Waals surface area contributed by atoms with Crippen LogP contribution in [0.5, 0.6) is 0 Å². The molecule has 0 aliphatic carbocycles. The van der Waals surface area contributed by atoms with E-state index in [4.69, 9.17) is 5.73 Å². The number of nitrogens with two attached hydrogens (primary N) is 1. The Kier molecular flexibility index (Phi) is 7.70.